The van der Waals surface area contributed by atoms with Gasteiger partial charge in [0.15, 0.2) is 0 Å². The van der Waals surface area contributed by atoms with E-state index in [4.69, 9.17) is 0 Å². The van der Waals surface area contributed by atoms with E-state index < -0.39 is 0 Å². The molecule has 0 aliphatic rings. The van der Waals surface area contributed by atoms with E-state index in [-0.39, 0.29) is 5.56 Å². The number of halogens is 1. The third-order valence-corrected chi connectivity index (χ3v) is 5.58. The normalized spacial score (nSPS) is 11.4. The van der Waals surface area contributed by atoms with Crippen LogP contribution in [0.5, 0.6) is 0 Å². The Labute approximate surface area is 156 Å². The van der Waals surface area contributed by atoms with Crippen molar-refractivity contribution >= 4 is 53.4 Å². The summed E-state index contributed by atoms with van der Waals surface area (Å²) in [6, 6.07) is 9.64. The van der Waals surface area contributed by atoms with Crippen LogP contribution in [-0.4, -0.2) is 28.6 Å². The monoisotopic (exact) mass is 414 g/mol. The zero-order chi connectivity index (χ0) is 17.7. The smallest absolute Gasteiger partial charge is 0.275 e. The van der Waals surface area contributed by atoms with Gasteiger partial charge in [0.05, 0.1) is 16.8 Å². The average molecular weight is 415 g/mol. The molecule has 25 heavy (non-hydrogen) atoms. The maximum Gasteiger partial charge on any atom is 0.275 e. The first-order valence-corrected chi connectivity index (χ1v) is 9.31. The van der Waals surface area contributed by atoms with Crippen LogP contribution >= 0.6 is 27.3 Å². The van der Waals surface area contributed by atoms with Crippen LogP contribution in [0.25, 0.3) is 26.1 Å². The van der Waals surface area contributed by atoms with Crippen LogP contribution < -0.4 is 10.5 Å². The average Bonchev–Trinajstić information content (AvgIpc) is 2.93. The molecule has 0 spiro atoms. The van der Waals surface area contributed by atoms with Gasteiger partial charge in [-0.05, 0) is 31.2 Å². The van der Waals surface area contributed by atoms with E-state index in [0.717, 1.165) is 31.8 Å². The van der Waals surface area contributed by atoms with Crippen molar-refractivity contribution in [3.63, 3.8) is 0 Å². The number of pyridine rings is 1. The minimum atomic E-state index is -0.0755. The highest BCUT2D eigenvalue weighted by Crippen LogP contribution is 2.36. The molecule has 0 radical (unpaired) electrons. The van der Waals surface area contributed by atoms with Gasteiger partial charge in [-0.1, -0.05) is 22.0 Å². The standard InChI is InChI=1S/C18H15BrN4OS/c1-10-7-13(22(2)3)14-15-16(25-17(14)21-10)18(24)23(9-20-15)12-6-4-5-11(19)8-12/h4-9H,1-3H3. The first-order valence-electron chi connectivity index (χ1n) is 7.70. The fraction of sp³-hybridized carbons (Fsp3) is 0.167. The molecule has 0 fully saturated rings. The summed E-state index contributed by atoms with van der Waals surface area (Å²) < 4.78 is 3.11. The van der Waals surface area contributed by atoms with Crippen molar-refractivity contribution < 1.29 is 0 Å². The van der Waals surface area contributed by atoms with E-state index in [9.17, 15) is 4.79 Å². The molecule has 7 heteroatoms. The van der Waals surface area contributed by atoms with E-state index in [1.807, 2.05) is 56.3 Å². The minimum Gasteiger partial charge on any atom is -0.377 e. The first kappa shape index (κ1) is 16.2. The predicted molar refractivity (Wildman–Crippen MR) is 107 cm³/mol. The summed E-state index contributed by atoms with van der Waals surface area (Å²) in [5.74, 6) is 0. The van der Waals surface area contributed by atoms with E-state index in [2.05, 4.69) is 25.9 Å². The largest absolute Gasteiger partial charge is 0.377 e. The van der Waals surface area contributed by atoms with Crippen LogP contribution in [0, 0.1) is 6.92 Å². The van der Waals surface area contributed by atoms with Crippen LogP contribution in [0.1, 0.15) is 5.69 Å². The van der Waals surface area contributed by atoms with Crippen molar-refractivity contribution in [1.82, 2.24) is 14.5 Å². The zero-order valence-electron chi connectivity index (χ0n) is 13.9. The topological polar surface area (TPSA) is 51.0 Å². The van der Waals surface area contributed by atoms with Crippen LogP contribution in [0.3, 0.4) is 0 Å². The number of aromatic nitrogens is 3. The van der Waals surface area contributed by atoms with Crippen molar-refractivity contribution in [2.45, 2.75) is 6.92 Å². The Morgan fingerprint density at radius 1 is 1.24 bits per heavy atom. The Morgan fingerprint density at radius 2 is 2.04 bits per heavy atom. The van der Waals surface area contributed by atoms with Gasteiger partial charge in [0.25, 0.3) is 5.56 Å². The first-order chi connectivity index (χ1) is 12.0. The van der Waals surface area contributed by atoms with Gasteiger partial charge in [0.2, 0.25) is 0 Å². The van der Waals surface area contributed by atoms with Crippen molar-refractivity contribution in [2.75, 3.05) is 19.0 Å². The molecular formula is C18H15BrN4OS. The molecule has 0 aliphatic carbocycles. The Morgan fingerprint density at radius 3 is 2.76 bits per heavy atom. The number of nitrogens with zero attached hydrogens (tertiary/aromatic N) is 4. The van der Waals surface area contributed by atoms with Gasteiger partial charge in [0, 0.05) is 24.3 Å². The molecule has 0 aliphatic heterocycles. The predicted octanol–water partition coefficient (Wildman–Crippen LogP) is 4.13. The highest BCUT2D eigenvalue weighted by molar-refractivity contribution is 9.10. The summed E-state index contributed by atoms with van der Waals surface area (Å²) >= 11 is 4.85. The Balaban J connectivity index is 2.08. The third-order valence-electron chi connectivity index (χ3n) is 4.03. The van der Waals surface area contributed by atoms with E-state index in [1.165, 1.54) is 11.3 Å². The van der Waals surface area contributed by atoms with Gasteiger partial charge in [-0.2, -0.15) is 0 Å². The zero-order valence-corrected chi connectivity index (χ0v) is 16.3. The van der Waals surface area contributed by atoms with Crippen molar-refractivity contribution in [2.24, 2.45) is 0 Å². The van der Waals surface area contributed by atoms with Crippen LogP contribution in [0.4, 0.5) is 5.69 Å². The molecule has 0 unspecified atom stereocenters. The van der Waals surface area contributed by atoms with Gasteiger partial charge in [-0.15, -0.1) is 11.3 Å². The molecule has 4 rings (SSSR count). The molecule has 0 N–H and O–H groups in total. The molecule has 0 atom stereocenters. The molecular weight excluding hydrogens is 400 g/mol. The van der Waals surface area contributed by atoms with Gasteiger partial charge in [0.1, 0.15) is 21.4 Å². The fourth-order valence-corrected chi connectivity index (χ4v) is 4.40. The summed E-state index contributed by atoms with van der Waals surface area (Å²) in [6.45, 7) is 1.96. The second kappa shape index (κ2) is 5.93. The number of hydrogen-bond donors (Lipinski definition) is 0. The second-order valence-corrected chi connectivity index (χ2v) is 7.95. The molecule has 0 saturated carbocycles. The van der Waals surface area contributed by atoms with Gasteiger partial charge < -0.3 is 4.90 Å². The number of aryl methyl sites for hydroxylation is 1. The van der Waals surface area contributed by atoms with Crippen molar-refractivity contribution in [3.8, 4) is 5.69 Å². The minimum absolute atomic E-state index is 0.0755. The number of fused-ring (bicyclic) bond motifs is 3. The quantitative estimate of drug-likeness (QED) is 0.494. The lowest BCUT2D eigenvalue weighted by Crippen LogP contribution is -2.17. The van der Waals surface area contributed by atoms with E-state index >= 15 is 0 Å². The summed E-state index contributed by atoms with van der Waals surface area (Å²) in [5, 5.41) is 0.939. The molecule has 1 aromatic carbocycles. The van der Waals surface area contributed by atoms with Crippen molar-refractivity contribution in [1.29, 1.82) is 0 Å². The number of anilines is 1. The lowest BCUT2D eigenvalue weighted by molar-refractivity contribution is 0.966. The number of benzene rings is 1. The second-order valence-electron chi connectivity index (χ2n) is 6.04. The fourth-order valence-electron chi connectivity index (χ4n) is 2.89. The number of thiophene rings is 1. The highest BCUT2D eigenvalue weighted by Gasteiger charge is 2.17. The third kappa shape index (κ3) is 2.63. The Kier molecular flexibility index (Phi) is 3.85. The summed E-state index contributed by atoms with van der Waals surface area (Å²) in [4.78, 5) is 25.1. The number of rotatable bonds is 2. The summed E-state index contributed by atoms with van der Waals surface area (Å²) in [5.41, 5.74) is 3.38. The summed E-state index contributed by atoms with van der Waals surface area (Å²) in [6.07, 6.45) is 1.60. The highest BCUT2D eigenvalue weighted by atomic mass is 79.9. The molecule has 0 amide bonds. The molecule has 3 aromatic heterocycles. The molecule has 3 heterocycles. The van der Waals surface area contributed by atoms with Crippen LogP contribution in [0.2, 0.25) is 0 Å². The lowest BCUT2D eigenvalue weighted by Gasteiger charge is -2.14. The van der Waals surface area contributed by atoms with Gasteiger partial charge >= 0.3 is 0 Å². The molecule has 126 valence electrons. The van der Waals surface area contributed by atoms with E-state index in [1.54, 1.807) is 10.9 Å². The SMILES string of the molecule is Cc1cc(N(C)C)c2c(n1)sc1c(=O)n(-c3cccc(Br)c3)cnc12. The van der Waals surface area contributed by atoms with Crippen LogP contribution in [-0.2, 0) is 0 Å². The van der Waals surface area contributed by atoms with E-state index in [0.29, 0.717) is 10.2 Å². The summed E-state index contributed by atoms with van der Waals surface area (Å²) in [7, 11) is 3.97. The van der Waals surface area contributed by atoms with Crippen LogP contribution in [0.15, 0.2) is 45.9 Å². The maximum absolute atomic E-state index is 13.1. The molecule has 4 aromatic rings. The Bertz CT molecular complexity index is 1180. The van der Waals surface area contributed by atoms with Gasteiger partial charge in [-0.25, -0.2) is 9.97 Å². The number of hydrogen-bond acceptors (Lipinski definition) is 5. The maximum atomic E-state index is 13.1. The molecule has 0 bridgehead atoms. The molecule has 0 saturated heterocycles. The molecule has 5 nitrogen and oxygen atoms in total. The van der Waals surface area contributed by atoms with Gasteiger partial charge in [-0.3, -0.25) is 9.36 Å². The van der Waals surface area contributed by atoms with Crippen molar-refractivity contribution in [3.05, 3.63) is 57.2 Å². The Hall–Kier alpha value is -2.25. The lowest BCUT2D eigenvalue weighted by atomic mass is 10.2.